The number of aromatic nitrogens is 4. The van der Waals surface area contributed by atoms with Gasteiger partial charge in [0.1, 0.15) is 11.8 Å². The fourth-order valence-electron chi connectivity index (χ4n) is 5.93. The maximum absolute atomic E-state index is 9.27. The van der Waals surface area contributed by atoms with E-state index in [9.17, 15) is 5.26 Å². The van der Waals surface area contributed by atoms with Gasteiger partial charge in [0, 0.05) is 40.8 Å². The second-order valence-electron chi connectivity index (χ2n) is 10.6. The lowest BCUT2D eigenvalue weighted by molar-refractivity contribution is 1.25. The van der Waals surface area contributed by atoms with Crippen LogP contribution < -0.4 is 0 Å². The first-order chi connectivity index (χ1) is 21.7. The van der Waals surface area contributed by atoms with E-state index in [1.165, 1.54) is 10.8 Å². The number of hydrogen-bond donors (Lipinski definition) is 0. The molecule has 0 aliphatic carbocycles. The average molecular weight is 561 g/mol. The van der Waals surface area contributed by atoms with E-state index in [2.05, 4.69) is 69.4 Å². The van der Waals surface area contributed by atoms with Gasteiger partial charge < -0.3 is 0 Å². The highest BCUT2D eigenvalue weighted by Crippen LogP contribution is 2.39. The van der Waals surface area contributed by atoms with E-state index in [0.29, 0.717) is 11.4 Å². The van der Waals surface area contributed by atoms with Crippen LogP contribution in [0.2, 0.25) is 0 Å². The van der Waals surface area contributed by atoms with Crippen molar-refractivity contribution >= 4 is 38.0 Å². The van der Waals surface area contributed by atoms with Gasteiger partial charge in [0.15, 0.2) is 0 Å². The molecule has 0 unspecified atom stereocenters. The lowest BCUT2D eigenvalue weighted by atomic mass is 9.90. The zero-order valence-electron chi connectivity index (χ0n) is 23.2. The van der Waals surface area contributed by atoms with E-state index in [4.69, 9.17) is 16.5 Å². The van der Waals surface area contributed by atoms with Crippen LogP contribution in [0.1, 0.15) is 5.69 Å². The molecule has 4 aromatic heterocycles. The Morgan fingerprint density at radius 3 is 1.61 bits per heavy atom. The molecule has 0 N–H and O–H groups in total. The van der Waals surface area contributed by atoms with Crippen molar-refractivity contribution in [1.29, 1.82) is 5.26 Å². The molecule has 0 saturated carbocycles. The molecule has 8 aromatic rings. The zero-order valence-corrected chi connectivity index (χ0v) is 23.2. The minimum atomic E-state index is 0.369. The van der Waals surface area contributed by atoms with Crippen molar-refractivity contribution in [1.82, 2.24) is 19.9 Å². The van der Waals surface area contributed by atoms with Crippen molar-refractivity contribution in [3.05, 3.63) is 139 Å². The topological polar surface area (TPSA) is 79.7 Å². The van der Waals surface area contributed by atoms with Crippen LogP contribution >= 0.6 is 0 Å². The summed E-state index contributed by atoms with van der Waals surface area (Å²) in [5.74, 6) is 0. The second-order valence-corrected chi connectivity index (χ2v) is 10.6. The third-order valence-corrected chi connectivity index (χ3v) is 7.94. The Hall–Kier alpha value is -6.50. The Bertz CT molecular complexity index is 2240. The Balaban J connectivity index is 1.21. The molecule has 4 aromatic carbocycles. The van der Waals surface area contributed by atoms with E-state index < -0.39 is 0 Å². The van der Waals surface area contributed by atoms with Gasteiger partial charge in [-0.1, -0.05) is 36.4 Å². The fourth-order valence-corrected chi connectivity index (χ4v) is 5.93. The molecular formula is C38H20N6. The molecule has 0 amide bonds. The van der Waals surface area contributed by atoms with Gasteiger partial charge in [0.2, 0.25) is 5.69 Å². The number of hydrogen-bond acceptors (Lipinski definition) is 5. The molecular weight excluding hydrogens is 540 g/mol. The summed E-state index contributed by atoms with van der Waals surface area (Å²) >= 11 is 0. The second kappa shape index (κ2) is 10.1. The predicted octanol–water partition coefficient (Wildman–Crippen LogP) is 9.25. The van der Waals surface area contributed by atoms with Gasteiger partial charge in [-0.15, -0.1) is 0 Å². The first-order valence-electron chi connectivity index (χ1n) is 14.0. The summed E-state index contributed by atoms with van der Waals surface area (Å²) in [4.78, 5) is 21.7. The molecule has 0 bridgehead atoms. The Kier molecular flexibility index (Phi) is 5.79. The van der Waals surface area contributed by atoms with Crippen molar-refractivity contribution in [3.8, 4) is 51.1 Å². The van der Waals surface area contributed by atoms with E-state index in [-0.39, 0.29) is 0 Å². The Labute approximate surface area is 252 Å². The standard InChI is InChI=1S/C38H20N6/c1-40-32-19-30(21-41-22-32)36-7-3-6-35(44-36)29-16-26-10-8-24-14-28(15-25-9-11-27(17-29)38(26)37(24)25)34-5-2-4-33(43-34)23-12-13-42-31(18-23)20-39/h2-19,21-22H. The smallest absolute Gasteiger partial charge is 0.205 e. The van der Waals surface area contributed by atoms with Crippen molar-refractivity contribution < 1.29 is 0 Å². The highest BCUT2D eigenvalue weighted by atomic mass is 14.8. The Morgan fingerprint density at radius 2 is 1.09 bits per heavy atom. The molecule has 4 heterocycles. The molecule has 0 aliphatic heterocycles. The SMILES string of the molecule is [C-]#[N+]c1cncc(-c2cccc(-c3cc4ccc5cc(-c6cccc(-c7ccnc(C#N)c7)n6)cc6ccc(c3)c4c56)n2)c1. The summed E-state index contributed by atoms with van der Waals surface area (Å²) in [5, 5.41) is 16.3. The number of nitriles is 1. The van der Waals surface area contributed by atoms with Gasteiger partial charge >= 0.3 is 0 Å². The quantitative estimate of drug-likeness (QED) is 0.158. The largest absolute Gasteiger partial charge is 0.276 e. The predicted molar refractivity (Wildman–Crippen MR) is 174 cm³/mol. The highest BCUT2D eigenvalue weighted by Gasteiger charge is 2.14. The van der Waals surface area contributed by atoms with E-state index in [0.717, 1.165) is 66.6 Å². The number of nitrogens with zero attached hydrogens (tertiary/aromatic N) is 6. The molecule has 6 nitrogen and oxygen atoms in total. The van der Waals surface area contributed by atoms with Crippen LogP contribution in [0.15, 0.2) is 122 Å². The van der Waals surface area contributed by atoms with Crippen molar-refractivity contribution in [2.24, 2.45) is 0 Å². The van der Waals surface area contributed by atoms with Gasteiger partial charge in [-0.3, -0.25) is 4.98 Å². The van der Waals surface area contributed by atoms with Crippen LogP contribution in [0.4, 0.5) is 5.69 Å². The maximum atomic E-state index is 9.27. The molecule has 0 spiro atoms. The van der Waals surface area contributed by atoms with Crippen LogP contribution in [0.3, 0.4) is 0 Å². The van der Waals surface area contributed by atoms with Gasteiger partial charge in [0.25, 0.3) is 0 Å². The third kappa shape index (κ3) is 4.27. The summed E-state index contributed by atoms with van der Waals surface area (Å²) in [6.07, 6.45) is 4.94. The summed E-state index contributed by atoms with van der Waals surface area (Å²) in [6.45, 7) is 7.32. The van der Waals surface area contributed by atoms with Crippen molar-refractivity contribution in [2.75, 3.05) is 0 Å². The van der Waals surface area contributed by atoms with E-state index in [1.807, 2.05) is 48.5 Å². The molecule has 0 fully saturated rings. The van der Waals surface area contributed by atoms with Crippen LogP contribution in [0.25, 0.3) is 82.2 Å². The number of rotatable bonds is 4. The molecule has 0 aliphatic rings. The van der Waals surface area contributed by atoms with Gasteiger partial charge in [-0.25, -0.2) is 19.8 Å². The average Bonchev–Trinajstić information content (AvgIpc) is 3.10. The monoisotopic (exact) mass is 560 g/mol. The van der Waals surface area contributed by atoms with Crippen molar-refractivity contribution in [2.45, 2.75) is 0 Å². The first-order valence-corrected chi connectivity index (χ1v) is 14.0. The molecule has 44 heavy (non-hydrogen) atoms. The summed E-state index contributed by atoms with van der Waals surface area (Å²) in [7, 11) is 0. The van der Waals surface area contributed by atoms with Crippen LogP contribution in [0.5, 0.6) is 0 Å². The Morgan fingerprint density at radius 1 is 0.568 bits per heavy atom. The fraction of sp³-hybridized carbons (Fsp3) is 0. The van der Waals surface area contributed by atoms with Crippen LogP contribution in [0, 0.1) is 17.9 Å². The van der Waals surface area contributed by atoms with Gasteiger partial charge in [0.05, 0.1) is 29.3 Å². The van der Waals surface area contributed by atoms with E-state index >= 15 is 0 Å². The zero-order chi connectivity index (χ0) is 29.6. The number of benzene rings is 4. The van der Waals surface area contributed by atoms with E-state index in [1.54, 1.807) is 24.7 Å². The third-order valence-electron chi connectivity index (χ3n) is 7.94. The molecule has 0 saturated heterocycles. The summed E-state index contributed by atoms with van der Waals surface area (Å²) in [5.41, 5.74) is 7.92. The molecule has 0 radical (unpaired) electrons. The summed E-state index contributed by atoms with van der Waals surface area (Å²) in [6, 6.07) is 37.0. The van der Waals surface area contributed by atoms with Crippen LogP contribution in [-0.4, -0.2) is 19.9 Å². The minimum absolute atomic E-state index is 0.369. The van der Waals surface area contributed by atoms with Crippen molar-refractivity contribution in [3.63, 3.8) is 0 Å². The van der Waals surface area contributed by atoms with Crippen LogP contribution in [-0.2, 0) is 0 Å². The minimum Gasteiger partial charge on any atom is -0.276 e. The van der Waals surface area contributed by atoms with Gasteiger partial charge in [-0.05, 0) is 99.0 Å². The molecule has 0 atom stereocenters. The highest BCUT2D eigenvalue weighted by molar-refractivity contribution is 6.24. The normalized spacial score (nSPS) is 11.1. The maximum Gasteiger partial charge on any atom is 0.205 e. The first kappa shape index (κ1) is 25.2. The summed E-state index contributed by atoms with van der Waals surface area (Å²) < 4.78 is 0. The molecule has 8 rings (SSSR count). The lowest BCUT2D eigenvalue weighted by Crippen LogP contribution is -1.92. The molecule has 6 heteroatoms. The van der Waals surface area contributed by atoms with Gasteiger partial charge in [-0.2, -0.15) is 5.26 Å². The lowest BCUT2D eigenvalue weighted by Gasteiger charge is -2.14. The number of pyridine rings is 4. The molecule has 202 valence electrons.